The van der Waals surface area contributed by atoms with Gasteiger partial charge in [0.15, 0.2) is 0 Å². The highest BCUT2D eigenvalue weighted by Gasteiger charge is 2.10. The zero-order chi connectivity index (χ0) is 9.84. The van der Waals surface area contributed by atoms with Gasteiger partial charge in [-0.2, -0.15) is 0 Å². The Balaban J connectivity index is 3.13. The zero-order valence-electron chi connectivity index (χ0n) is 7.53. The second-order valence-corrected chi connectivity index (χ2v) is 3.38. The Morgan fingerprint density at radius 1 is 1.54 bits per heavy atom. The fraction of sp³-hybridized carbons (Fsp3) is 0.333. The van der Waals surface area contributed by atoms with E-state index in [0.717, 1.165) is 5.56 Å². The molecular formula is C9H11BrFNO. The molecule has 1 N–H and O–H groups in total. The number of halogens is 2. The Hall–Kier alpha value is -0.610. The van der Waals surface area contributed by atoms with E-state index in [9.17, 15) is 4.39 Å². The zero-order valence-corrected chi connectivity index (χ0v) is 9.11. The van der Waals surface area contributed by atoms with Crippen LogP contribution in [0.2, 0.25) is 0 Å². The smallest absolute Gasteiger partial charge is 0.141 e. The minimum absolute atomic E-state index is 0.309. The Labute approximate surface area is 85.2 Å². The first-order valence-corrected chi connectivity index (χ1v) is 4.65. The van der Waals surface area contributed by atoms with Gasteiger partial charge in [-0.15, -0.1) is 0 Å². The fourth-order valence-electron chi connectivity index (χ4n) is 1.12. The molecular weight excluding hydrogens is 237 g/mol. The Bertz CT molecular complexity index is 304. The first kappa shape index (κ1) is 10.5. The SMILES string of the molecule is CNCc1ccc(F)c(Br)c1OC. The lowest BCUT2D eigenvalue weighted by Crippen LogP contribution is -2.07. The monoisotopic (exact) mass is 247 g/mol. The highest BCUT2D eigenvalue weighted by atomic mass is 79.9. The predicted octanol–water partition coefficient (Wildman–Crippen LogP) is 2.32. The van der Waals surface area contributed by atoms with Crippen molar-refractivity contribution in [1.29, 1.82) is 0 Å². The van der Waals surface area contributed by atoms with Crippen LogP contribution in [-0.4, -0.2) is 14.2 Å². The molecule has 0 radical (unpaired) electrons. The number of benzene rings is 1. The van der Waals surface area contributed by atoms with Gasteiger partial charge in [-0.3, -0.25) is 0 Å². The molecule has 13 heavy (non-hydrogen) atoms. The molecule has 0 aliphatic rings. The summed E-state index contributed by atoms with van der Waals surface area (Å²) >= 11 is 3.13. The molecule has 0 heterocycles. The molecule has 0 saturated heterocycles. The molecule has 0 atom stereocenters. The first-order chi connectivity index (χ1) is 6.20. The van der Waals surface area contributed by atoms with Crippen molar-refractivity contribution in [2.24, 2.45) is 0 Å². The number of nitrogens with one attached hydrogen (secondary N) is 1. The summed E-state index contributed by atoms with van der Waals surface area (Å²) in [5.41, 5.74) is 0.929. The number of hydrogen-bond donors (Lipinski definition) is 1. The number of hydrogen-bond acceptors (Lipinski definition) is 2. The first-order valence-electron chi connectivity index (χ1n) is 3.86. The Kier molecular flexibility index (Phi) is 3.69. The van der Waals surface area contributed by atoms with Crippen molar-refractivity contribution in [1.82, 2.24) is 5.32 Å². The Morgan fingerprint density at radius 2 is 2.23 bits per heavy atom. The van der Waals surface area contributed by atoms with E-state index in [0.29, 0.717) is 16.8 Å². The quantitative estimate of drug-likeness (QED) is 0.886. The van der Waals surface area contributed by atoms with Crippen LogP contribution in [0.1, 0.15) is 5.56 Å². The summed E-state index contributed by atoms with van der Waals surface area (Å²) in [6.07, 6.45) is 0. The molecule has 1 aromatic carbocycles. The molecule has 4 heteroatoms. The lowest BCUT2D eigenvalue weighted by atomic mass is 10.2. The average Bonchev–Trinajstić information content (AvgIpc) is 2.12. The molecule has 0 aromatic heterocycles. The number of ether oxygens (including phenoxy) is 1. The van der Waals surface area contributed by atoms with E-state index in [1.165, 1.54) is 13.2 Å². The lowest BCUT2D eigenvalue weighted by molar-refractivity contribution is 0.401. The Morgan fingerprint density at radius 3 is 2.77 bits per heavy atom. The van der Waals surface area contributed by atoms with Crippen LogP contribution in [0.25, 0.3) is 0 Å². The van der Waals surface area contributed by atoms with Crippen LogP contribution in [0.4, 0.5) is 4.39 Å². The van der Waals surface area contributed by atoms with E-state index in [-0.39, 0.29) is 5.82 Å². The summed E-state index contributed by atoms with van der Waals surface area (Å²) in [4.78, 5) is 0. The molecule has 0 aliphatic carbocycles. The second kappa shape index (κ2) is 4.58. The summed E-state index contributed by atoms with van der Waals surface area (Å²) in [6, 6.07) is 3.12. The van der Waals surface area contributed by atoms with Crippen molar-refractivity contribution in [3.05, 3.63) is 28.0 Å². The lowest BCUT2D eigenvalue weighted by Gasteiger charge is -2.10. The van der Waals surface area contributed by atoms with Gasteiger partial charge in [0, 0.05) is 12.1 Å². The van der Waals surface area contributed by atoms with Gasteiger partial charge in [0.2, 0.25) is 0 Å². The topological polar surface area (TPSA) is 21.3 Å². The minimum atomic E-state index is -0.309. The summed E-state index contributed by atoms with van der Waals surface area (Å²) in [5.74, 6) is 0.242. The van der Waals surface area contributed by atoms with Crippen LogP contribution in [0.15, 0.2) is 16.6 Å². The summed E-state index contributed by atoms with van der Waals surface area (Å²) in [7, 11) is 3.36. The van der Waals surface area contributed by atoms with Crippen molar-refractivity contribution in [2.45, 2.75) is 6.54 Å². The van der Waals surface area contributed by atoms with Gasteiger partial charge in [0.25, 0.3) is 0 Å². The maximum Gasteiger partial charge on any atom is 0.141 e. The van der Waals surface area contributed by atoms with Crippen LogP contribution < -0.4 is 10.1 Å². The van der Waals surface area contributed by atoms with E-state index in [4.69, 9.17) is 4.74 Å². The summed E-state index contributed by atoms with van der Waals surface area (Å²) in [5, 5.41) is 2.98. The number of rotatable bonds is 3. The molecule has 0 unspecified atom stereocenters. The fourth-order valence-corrected chi connectivity index (χ4v) is 1.67. The molecule has 2 nitrogen and oxygen atoms in total. The third-order valence-electron chi connectivity index (χ3n) is 1.70. The van der Waals surface area contributed by atoms with Gasteiger partial charge in [0.1, 0.15) is 11.6 Å². The van der Waals surface area contributed by atoms with Gasteiger partial charge in [-0.1, -0.05) is 6.07 Å². The standard InChI is InChI=1S/C9H11BrFNO/c1-12-5-6-3-4-7(11)8(10)9(6)13-2/h3-4,12H,5H2,1-2H3. The van der Waals surface area contributed by atoms with Crippen molar-refractivity contribution >= 4 is 15.9 Å². The van der Waals surface area contributed by atoms with E-state index >= 15 is 0 Å². The van der Waals surface area contributed by atoms with Crippen molar-refractivity contribution < 1.29 is 9.13 Å². The predicted molar refractivity (Wildman–Crippen MR) is 53.4 cm³/mol. The molecule has 0 amide bonds. The van der Waals surface area contributed by atoms with E-state index in [1.807, 2.05) is 7.05 Å². The van der Waals surface area contributed by atoms with Gasteiger partial charge >= 0.3 is 0 Å². The van der Waals surface area contributed by atoms with Gasteiger partial charge < -0.3 is 10.1 Å². The van der Waals surface area contributed by atoms with Gasteiger partial charge in [0.05, 0.1) is 11.6 Å². The van der Waals surface area contributed by atoms with Crippen molar-refractivity contribution in [2.75, 3.05) is 14.2 Å². The molecule has 1 aromatic rings. The second-order valence-electron chi connectivity index (χ2n) is 2.58. The normalized spacial score (nSPS) is 10.2. The molecule has 1 rings (SSSR count). The molecule has 0 spiro atoms. The van der Waals surface area contributed by atoms with E-state index in [1.54, 1.807) is 6.07 Å². The third kappa shape index (κ3) is 2.19. The molecule has 0 bridgehead atoms. The molecule has 0 saturated carbocycles. The maximum absolute atomic E-state index is 13.0. The van der Waals surface area contributed by atoms with Crippen LogP contribution in [0, 0.1) is 5.82 Å². The van der Waals surface area contributed by atoms with E-state index < -0.39 is 0 Å². The molecule has 0 fully saturated rings. The van der Waals surface area contributed by atoms with Crippen LogP contribution >= 0.6 is 15.9 Å². The van der Waals surface area contributed by atoms with Crippen molar-refractivity contribution in [3.8, 4) is 5.75 Å². The summed E-state index contributed by atoms with van der Waals surface area (Å²) < 4.78 is 18.5. The number of methoxy groups -OCH3 is 1. The molecule has 72 valence electrons. The third-order valence-corrected chi connectivity index (χ3v) is 2.44. The largest absolute Gasteiger partial charge is 0.495 e. The van der Waals surface area contributed by atoms with Crippen LogP contribution in [0.3, 0.4) is 0 Å². The highest BCUT2D eigenvalue weighted by molar-refractivity contribution is 9.10. The van der Waals surface area contributed by atoms with Gasteiger partial charge in [-0.25, -0.2) is 4.39 Å². The van der Waals surface area contributed by atoms with Crippen molar-refractivity contribution in [3.63, 3.8) is 0 Å². The minimum Gasteiger partial charge on any atom is -0.495 e. The average molecular weight is 248 g/mol. The highest BCUT2D eigenvalue weighted by Crippen LogP contribution is 2.31. The van der Waals surface area contributed by atoms with E-state index in [2.05, 4.69) is 21.2 Å². The van der Waals surface area contributed by atoms with Crippen LogP contribution in [-0.2, 0) is 6.54 Å². The van der Waals surface area contributed by atoms with Crippen LogP contribution in [0.5, 0.6) is 5.75 Å². The van der Waals surface area contributed by atoms with Gasteiger partial charge in [-0.05, 0) is 29.0 Å². The maximum atomic E-state index is 13.0. The molecule has 0 aliphatic heterocycles. The summed E-state index contributed by atoms with van der Waals surface area (Å²) in [6.45, 7) is 0.655.